The number of aromatic nitrogens is 1. The minimum Gasteiger partial charge on any atom is -0.333 e. The van der Waals surface area contributed by atoms with E-state index < -0.39 is 10.8 Å². The predicted octanol–water partition coefficient (Wildman–Crippen LogP) is 19.0. The van der Waals surface area contributed by atoms with Crippen LogP contribution < -0.4 is 4.90 Å². The lowest BCUT2D eigenvalue weighted by molar-refractivity contribution is 0.632. The molecule has 19 rings (SSSR count). The van der Waals surface area contributed by atoms with Crippen molar-refractivity contribution in [2.75, 3.05) is 4.90 Å². The first kappa shape index (κ1) is 45.3. The number of para-hydroxylation sites is 2. The second-order valence-corrected chi connectivity index (χ2v) is 25.3. The van der Waals surface area contributed by atoms with Crippen molar-refractivity contribution in [1.29, 1.82) is 0 Å². The fourth-order valence-electron chi connectivity index (χ4n) is 18.0. The molecule has 2 atom stereocenters. The summed E-state index contributed by atoms with van der Waals surface area (Å²) >= 11 is 0. The topological polar surface area (TPSA) is 8.17 Å². The summed E-state index contributed by atoms with van der Waals surface area (Å²) in [4.78, 5) is 2.73. The molecule has 2 heterocycles. The van der Waals surface area contributed by atoms with Crippen LogP contribution in [0.4, 0.5) is 11.4 Å². The molecule has 386 valence electrons. The van der Waals surface area contributed by atoms with Crippen LogP contribution in [0, 0.1) is 0 Å². The Kier molecular flexibility index (Phi) is 8.43. The third kappa shape index (κ3) is 5.10. The van der Waals surface area contributed by atoms with Crippen molar-refractivity contribution in [2.45, 2.75) is 61.3 Å². The van der Waals surface area contributed by atoms with E-state index in [9.17, 15) is 0 Å². The summed E-state index contributed by atoms with van der Waals surface area (Å²) in [6, 6.07) is 94.1. The van der Waals surface area contributed by atoms with Gasteiger partial charge in [-0.3, -0.25) is 0 Å². The number of anilines is 2. The van der Waals surface area contributed by atoms with E-state index in [1.165, 1.54) is 156 Å². The Hall–Kier alpha value is -9.50. The molecular weight excluding hydrogens is 989 g/mol. The van der Waals surface area contributed by atoms with Crippen molar-refractivity contribution in [3.8, 4) is 39.1 Å². The van der Waals surface area contributed by atoms with Gasteiger partial charge in [0.05, 0.1) is 33.6 Å². The minimum absolute atomic E-state index is 0.105. The molecule has 0 radical (unpaired) electrons. The zero-order valence-electron chi connectivity index (χ0n) is 46.3. The van der Waals surface area contributed by atoms with E-state index in [0.29, 0.717) is 0 Å². The van der Waals surface area contributed by atoms with Gasteiger partial charge in [-0.25, -0.2) is 0 Å². The Morgan fingerprint density at radius 2 is 0.793 bits per heavy atom. The molecular formula is C80H56N2. The van der Waals surface area contributed by atoms with E-state index in [-0.39, 0.29) is 22.8 Å². The van der Waals surface area contributed by atoms with E-state index in [0.717, 1.165) is 0 Å². The average molecular weight is 1050 g/mol. The molecule has 2 heteroatoms. The maximum Gasteiger partial charge on any atom is 0.0720 e. The fraction of sp³-hybridized carbons (Fsp3) is 0.125. The minimum atomic E-state index is -0.635. The van der Waals surface area contributed by atoms with Gasteiger partial charge >= 0.3 is 0 Å². The largest absolute Gasteiger partial charge is 0.333 e. The highest BCUT2D eigenvalue weighted by molar-refractivity contribution is 6.13. The van der Waals surface area contributed by atoms with Crippen LogP contribution in [0.3, 0.4) is 0 Å². The predicted molar refractivity (Wildman–Crippen MR) is 337 cm³/mol. The second kappa shape index (κ2) is 15.3. The van der Waals surface area contributed by atoms with Gasteiger partial charge in [0.15, 0.2) is 0 Å². The fourth-order valence-corrected chi connectivity index (χ4v) is 18.0. The molecule has 2 spiro atoms. The summed E-state index contributed by atoms with van der Waals surface area (Å²) in [5.41, 5.74) is 33.2. The smallest absolute Gasteiger partial charge is 0.0720 e. The summed E-state index contributed by atoms with van der Waals surface area (Å²) < 4.78 is 2.61. The van der Waals surface area contributed by atoms with Gasteiger partial charge in [0.1, 0.15) is 0 Å². The number of hydrogen-bond acceptors (Lipinski definition) is 1. The third-order valence-electron chi connectivity index (χ3n) is 21.2. The molecule has 7 aliphatic rings. The number of hydrogen-bond donors (Lipinski definition) is 0. The van der Waals surface area contributed by atoms with Crippen molar-refractivity contribution in [1.82, 2.24) is 4.57 Å². The Bertz CT molecular complexity index is 4920. The number of allylic oxidation sites excluding steroid dienone is 2. The maximum absolute atomic E-state index is 2.73. The maximum atomic E-state index is 2.73. The van der Waals surface area contributed by atoms with Crippen LogP contribution in [0.1, 0.15) is 106 Å². The molecule has 6 aliphatic carbocycles. The van der Waals surface area contributed by atoms with Crippen molar-refractivity contribution in [3.63, 3.8) is 0 Å². The molecule has 82 heavy (non-hydrogen) atoms. The first-order valence-electron chi connectivity index (χ1n) is 29.5. The molecule has 0 saturated heterocycles. The molecule has 0 saturated carbocycles. The number of benzene rings is 11. The quantitative estimate of drug-likeness (QED) is 0.168. The Balaban J connectivity index is 0.860. The van der Waals surface area contributed by atoms with Crippen molar-refractivity contribution >= 4 is 38.8 Å². The lowest BCUT2D eigenvalue weighted by Gasteiger charge is -2.49. The van der Waals surface area contributed by atoms with Crippen LogP contribution in [0.15, 0.2) is 260 Å². The van der Waals surface area contributed by atoms with E-state index in [1.54, 1.807) is 0 Å². The zero-order chi connectivity index (χ0) is 54.2. The van der Waals surface area contributed by atoms with Crippen LogP contribution in [0.25, 0.3) is 66.4 Å². The first-order chi connectivity index (χ1) is 40.2. The highest BCUT2D eigenvalue weighted by atomic mass is 15.2. The Labute approximate surface area is 478 Å². The van der Waals surface area contributed by atoms with Crippen LogP contribution in [0.2, 0.25) is 0 Å². The number of nitrogens with zero attached hydrogens (tertiary/aromatic N) is 2. The van der Waals surface area contributed by atoms with Gasteiger partial charge in [-0.1, -0.05) is 246 Å². The first-order valence-corrected chi connectivity index (χ1v) is 29.5. The Morgan fingerprint density at radius 3 is 1.44 bits per heavy atom. The van der Waals surface area contributed by atoms with E-state index >= 15 is 0 Å². The lowest BCUT2D eigenvalue weighted by atomic mass is 9.52. The second-order valence-electron chi connectivity index (χ2n) is 25.3. The van der Waals surface area contributed by atoms with Crippen molar-refractivity contribution in [3.05, 3.63) is 333 Å². The number of fused-ring (bicyclic) bond motifs is 28. The van der Waals surface area contributed by atoms with Gasteiger partial charge in [-0.05, 0) is 142 Å². The van der Waals surface area contributed by atoms with Crippen molar-refractivity contribution in [2.24, 2.45) is 0 Å². The van der Waals surface area contributed by atoms with Crippen LogP contribution >= 0.6 is 0 Å². The van der Waals surface area contributed by atoms with Gasteiger partial charge in [-0.15, -0.1) is 0 Å². The van der Waals surface area contributed by atoms with Gasteiger partial charge < -0.3 is 9.47 Å². The Morgan fingerprint density at radius 1 is 0.317 bits per heavy atom. The van der Waals surface area contributed by atoms with Gasteiger partial charge in [0.2, 0.25) is 0 Å². The molecule has 0 amide bonds. The standard InChI is InChI=1S/C80H56N2/c1-77(2)57-29-11-5-23-47(57)53-43-55-49-25-9-19-39-69(49)81(73(55)45-67(53)77)71-41-21-37-65-75(71)51-27-7-13-31-59(51)79(65)61-33-15-17-35-63(61)80(64-36-18-16-34-62(64)79)60-32-14-8-28-52(60)76-66(80)38-22-42-72(76)82-70-40-20-10-26-50(70)56-44-54-48-24-6-12-30-58(48)78(3,4)68(54)46-74(56)82/h5-46,55,73H,1-4H3. The summed E-state index contributed by atoms with van der Waals surface area (Å²) in [5, 5.41) is 2.56. The average Bonchev–Trinajstić information content (AvgIpc) is 1.59. The molecule has 1 aromatic heterocycles. The molecule has 0 N–H and O–H groups in total. The van der Waals surface area contributed by atoms with Crippen LogP contribution in [-0.2, 0) is 21.7 Å². The van der Waals surface area contributed by atoms with E-state index in [2.05, 4.69) is 292 Å². The zero-order valence-corrected chi connectivity index (χ0v) is 46.3. The lowest BCUT2D eigenvalue weighted by Crippen LogP contribution is -2.43. The van der Waals surface area contributed by atoms with E-state index in [4.69, 9.17) is 0 Å². The summed E-state index contributed by atoms with van der Waals surface area (Å²) in [6.07, 6.45) is 5.27. The third-order valence-corrected chi connectivity index (χ3v) is 21.2. The highest BCUT2D eigenvalue weighted by Crippen LogP contribution is 2.70. The SMILES string of the molecule is CC1(C)C2=CC3C(C=C2c2ccccc21)c1ccccc1N3c1cccc2c1-c1ccccc1C21c2ccccc2C2(c3ccccc3-c3c(-n4c5ccccc5c5cc6c(cc54)C(C)(C)c4ccccc4-6)cccc32)c2ccccc21. The highest BCUT2D eigenvalue weighted by Gasteiger charge is 2.60. The molecule has 0 bridgehead atoms. The normalized spacial score (nSPS) is 21.3. The van der Waals surface area contributed by atoms with Gasteiger partial charge in [0.25, 0.3) is 0 Å². The van der Waals surface area contributed by atoms with Gasteiger partial charge in [-0.2, -0.15) is 0 Å². The molecule has 2 nitrogen and oxygen atoms in total. The molecule has 11 aromatic carbocycles. The van der Waals surface area contributed by atoms with Gasteiger partial charge in [0, 0.05) is 50.0 Å². The number of rotatable bonds is 2. The molecule has 2 unspecified atom stereocenters. The van der Waals surface area contributed by atoms with Crippen LogP contribution in [-0.4, -0.2) is 10.6 Å². The molecule has 12 aromatic rings. The summed E-state index contributed by atoms with van der Waals surface area (Å²) in [7, 11) is 0. The molecule has 0 fully saturated rings. The molecule has 1 aliphatic heterocycles. The van der Waals surface area contributed by atoms with Crippen molar-refractivity contribution < 1.29 is 0 Å². The van der Waals surface area contributed by atoms with E-state index in [1.807, 2.05) is 0 Å². The van der Waals surface area contributed by atoms with Crippen LogP contribution in [0.5, 0.6) is 0 Å². The summed E-state index contributed by atoms with van der Waals surface area (Å²) in [6.45, 7) is 9.65. The monoisotopic (exact) mass is 1040 g/mol. The summed E-state index contributed by atoms with van der Waals surface area (Å²) in [5.74, 6) is 0.203.